The first-order valence-corrected chi connectivity index (χ1v) is 4.44. The van der Waals surface area contributed by atoms with E-state index in [4.69, 9.17) is 5.73 Å². The number of H-pyrrole nitrogens is 2. The topological polar surface area (TPSA) is 96.3 Å². The Morgan fingerprint density at radius 2 is 2.20 bits per heavy atom. The molecular weight excluding hydrogens is 192 g/mol. The molecule has 3 heterocycles. The Bertz CT molecular complexity index is 608. The van der Waals surface area contributed by atoms with Crippen LogP contribution in [0.4, 0.5) is 5.82 Å². The molecule has 3 aromatic rings. The predicted octanol–water partition coefficient (Wildman–Crippen LogP) is 0.930. The molecule has 15 heavy (non-hydrogen) atoms. The maximum atomic E-state index is 5.57. The van der Waals surface area contributed by atoms with Gasteiger partial charge in [0.1, 0.15) is 11.3 Å². The zero-order valence-electron chi connectivity index (χ0n) is 7.73. The molecule has 0 amide bonds. The molecule has 6 nitrogen and oxygen atoms in total. The fourth-order valence-corrected chi connectivity index (χ4v) is 1.53. The summed E-state index contributed by atoms with van der Waals surface area (Å²) in [6, 6.07) is 3.63. The minimum Gasteiger partial charge on any atom is -0.384 e. The van der Waals surface area contributed by atoms with Gasteiger partial charge in [0.15, 0.2) is 5.65 Å². The Morgan fingerprint density at radius 3 is 3.00 bits per heavy atom. The van der Waals surface area contributed by atoms with Crippen molar-refractivity contribution in [2.45, 2.75) is 0 Å². The van der Waals surface area contributed by atoms with Crippen LogP contribution in [-0.2, 0) is 0 Å². The second kappa shape index (κ2) is 2.81. The quantitative estimate of drug-likeness (QED) is 0.544. The van der Waals surface area contributed by atoms with Crippen LogP contribution in [-0.4, -0.2) is 25.1 Å². The lowest BCUT2D eigenvalue weighted by Gasteiger charge is -1.95. The monoisotopic (exact) mass is 200 g/mol. The van der Waals surface area contributed by atoms with Gasteiger partial charge in [-0.3, -0.25) is 5.10 Å². The summed E-state index contributed by atoms with van der Waals surface area (Å²) in [5.74, 6) is 0.533. The number of imidazole rings is 1. The first-order valence-electron chi connectivity index (χ1n) is 4.44. The van der Waals surface area contributed by atoms with Crippen LogP contribution in [0.25, 0.3) is 22.4 Å². The molecule has 0 aliphatic heterocycles. The third kappa shape index (κ3) is 1.15. The second-order valence-electron chi connectivity index (χ2n) is 3.17. The summed E-state index contributed by atoms with van der Waals surface area (Å²) < 4.78 is 0. The van der Waals surface area contributed by atoms with Crippen molar-refractivity contribution in [1.29, 1.82) is 0 Å². The number of hydrogen-bond acceptors (Lipinski definition) is 4. The van der Waals surface area contributed by atoms with Gasteiger partial charge in [-0.05, 0) is 6.07 Å². The van der Waals surface area contributed by atoms with E-state index in [0.717, 1.165) is 22.4 Å². The van der Waals surface area contributed by atoms with Crippen LogP contribution in [0, 0.1) is 0 Å². The van der Waals surface area contributed by atoms with Gasteiger partial charge in [0.25, 0.3) is 0 Å². The molecule has 4 N–H and O–H groups in total. The number of rotatable bonds is 1. The molecule has 0 saturated heterocycles. The molecule has 3 rings (SSSR count). The van der Waals surface area contributed by atoms with Crippen molar-refractivity contribution in [2.75, 3.05) is 5.73 Å². The molecule has 0 aliphatic carbocycles. The summed E-state index contributed by atoms with van der Waals surface area (Å²) in [5, 5.41) is 6.78. The van der Waals surface area contributed by atoms with Crippen molar-refractivity contribution in [3.63, 3.8) is 0 Å². The van der Waals surface area contributed by atoms with Gasteiger partial charge in [-0.1, -0.05) is 0 Å². The molecule has 0 bridgehead atoms. The number of hydrogen-bond donors (Lipinski definition) is 3. The number of anilines is 1. The standard InChI is InChI=1S/C9H8N6/c10-7-3-6(14-15-7)5-1-2-11-9-8(5)12-4-13-9/h1-4H,(H3,10,14,15)(H,11,12,13). The Morgan fingerprint density at radius 1 is 1.27 bits per heavy atom. The summed E-state index contributed by atoms with van der Waals surface area (Å²) in [6.45, 7) is 0. The Kier molecular flexibility index (Phi) is 1.49. The molecule has 6 heteroatoms. The number of nitrogens with zero attached hydrogens (tertiary/aromatic N) is 3. The number of nitrogen functional groups attached to an aromatic ring is 1. The van der Waals surface area contributed by atoms with Gasteiger partial charge in [0.2, 0.25) is 0 Å². The zero-order chi connectivity index (χ0) is 10.3. The van der Waals surface area contributed by atoms with Crippen molar-refractivity contribution >= 4 is 17.0 Å². The van der Waals surface area contributed by atoms with E-state index in [1.807, 2.05) is 6.07 Å². The van der Waals surface area contributed by atoms with Crippen LogP contribution < -0.4 is 5.73 Å². The summed E-state index contributed by atoms with van der Waals surface area (Å²) in [4.78, 5) is 11.3. The largest absolute Gasteiger partial charge is 0.384 e. The van der Waals surface area contributed by atoms with Crippen LogP contribution in [0.3, 0.4) is 0 Å². The van der Waals surface area contributed by atoms with Crippen LogP contribution in [0.5, 0.6) is 0 Å². The lowest BCUT2D eigenvalue weighted by Crippen LogP contribution is -1.83. The minimum absolute atomic E-state index is 0.533. The van der Waals surface area contributed by atoms with Gasteiger partial charge in [-0.25, -0.2) is 9.97 Å². The third-order valence-corrected chi connectivity index (χ3v) is 2.19. The lowest BCUT2D eigenvalue weighted by atomic mass is 10.2. The van der Waals surface area contributed by atoms with E-state index >= 15 is 0 Å². The van der Waals surface area contributed by atoms with E-state index in [9.17, 15) is 0 Å². The molecule has 0 spiro atoms. The van der Waals surface area contributed by atoms with Gasteiger partial charge < -0.3 is 10.7 Å². The maximum Gasteiger partial charge on any atom is 0.157 e. The first kappa shape index (κ1) is 7.98. The van der Waals surface area contributed by atoms with Crippen molar-refractivity contribution in [1.82, 2.24) is 25.1 Å². The Labute approximate surface area is 84.6 Å². The SMILES string of the molecule is Nc1cc(-c2ccnc3[nH]cnc23)n[nH]1. The first-order chi connectivity index (χ1) is 7.34. The molecule has 0 aromatic carbocycles. The van der Waals surface area contributed by atoms with E-state index in [2.05, 4.69) is 25.1 Å². The number of aromatic amines is 2. The van der Waals surface area contributed by atoms with Gasteiger partial charge in [0.05, 0.1) is 12.0 Å². The van der Waals surface area contributed by atoms with Crippen LogP contribution >= 0.6 is 0 Å². The maximum absolute atomic E-state index is 5.57. The average Bonchev–Trinajstić information content (AvgIpc) is 2.84. The molecular formula is C9H8N6. The fraction of sp³-hybridized carbons (Fsp3) is 0. The highest BCUT2D eigenvalue weighted by molar-refractivity contribution is 5.88. The second-order valence-corrected chi connectivity index (χ2v) is 3.17. The Hall–Kier alpha value is -2.37. The van der Waals surface area contributed by atoms with Crippen molar-refractivity contribution < 1.29 is 0 Å². The van der Waals surface area contributed by atoms with Gasteiger partial charge >= 0.3 is 0 Å². The summed E-state index contributed by atoms with van der Waals surface area (Å²) in [6.07, 6.45) is 3.32. The highest BCUT2D eigenvalue weighted by Crippen LogP contribution is 2.24. The Balaban J connectivity index is 2.30. The average molecular weight is 200 g/mol. The molecule has 0 atom stereocenters. The van der Waals surface area contributed by atoms with Crippen LogP contribution in [0.15, 0.2) is 24.7 Å². The van der Waals surface area contributed by atoms with Gasteiger partial charge in [0, 0.05) is 17.8 Å². The van der Waals surface area contributed by atoms with Crippen molar-refractivity contribution in [3.8, 4) is 11.3 Å². The molecule has 0 aliphatic rings. The van der Waals surface area contributed by atoms with E-state index in [1.54, 1.807) is 18.6 Å². The molecule has 3 aromatic heterocycles. The molecule has 0 fully saturated rings. The molecule has 0 saturated carbocycles. The minimum atomic E-state index is 0.533. The van der Waals surface area contributed by atoms with E-state index in [-0.39, 0.29) is 0 Å². The number of nitrogens with one attached hydrogen (secondary N) is 2. The number of nitrogens with two attached hydrogens (primary N) is 1. The lowest BCUT2D eigenvalue weighted by molar-refractivity contribution is 1.10. The van der Waals surface area contributed by atoms with Gasteiger partial charge in [-0.15, -0.1) is 0 Å². The summed E-state index contributed by atoms with van der Waals surface area (Å²) in [7, 11) is 0. The smallest absolute Gasteiger partial charge is 0.157 e. The predicted molar refractivity (Wildman–Crippen MR) is 55.9 cm³/mol. The number of fused-ring (bicyclic) bond motifs is 1. The molecule has 0 radical (unpaired) electrons. The number of pyridine rings is 1. The fourth-order valence-electron chi connectivity index (χ4n) is 1.53. The van der Waals surface area contributed by atoms with E-state index in [0.29, 0.717) is 5.82 Å². The van der Waals surface area contributed by atoms with Crippen LogP contribution in [0.2, 0.25) is 0 Å². The molecule has 0 unspecified atom stereocenters. The van der Waals surface area contributed by atoms with Gasteiger partial charge in [-0.2, -0.15) is 5.10 Å². The zero-order valence-corrected chi connectivity index (χ0v) is 7.73. The molecule has 74 valence electrons. The third-order valence-electron chi connectivity index (χ3n) is 2.19. The van der Waals surface area contributed by atoms with Crippen LogP contribution in [0.1, 0.15) is 0 Å². The number of aromatic nitrogens is 5. The van der Waals surface area contributed by atoms with E-state index < -0.39 is 0 Å². The summed E-state index contributed by atoms with van der Waals surface area (Å²) >= 11 is 0. The normalized spacial score (nSPS) is 10.9. The van der Waals surface area contributed by atoms with Crippen molar-refractivity contribution in [3.05, 3.63) is 24.7 Å². The van der Waals surface area contributed by atoms with Crippen molar-refractivity contribution in [2.24, 2.45) is 0 Å². The van der Waals surface area contributed by atoms with E-state index in [1.165, 1.54) is 0 Å². The summed E-state index contributed by atoms with van der Waals surface area (Å²) in [5.41, 5.74) is 8.79. The highest BCUT2D eigenvalue weighted by atomic mass is 15.2. The highest BCUT2D eigenvalue weighted by Gasteiger charge is 2.08.